The fourth-order valence-corrected chi connectivity index (χ4v) is 3.77. The van der Waals surface area contributed by atoms with Crippen LogP contribution in [0.15, 0.2) is 58.1 Å². The van der Waals surface area contributed by atoms with Crippen molar-refractivity contribution in [2.24, 2.45) is 0 Å². The van der Waals surface area contributed by atoms with E-state index in [9.17, 15) is 9.59 Å². The molecule has 2 aromatic heterocycles. The summed E-state index contributed by atoms with van der Waals surface area (Å²) in [4.78, 5) is 30.6. The van der Waals surface area contributed by atoms with Crippen molar-refractivity contribution in [3.8, 4) is 11.3 Å². The van der Waals surface area contributed by atoms with Crippen LogP contribution in [0.1, 0.15) is 29.4 Å². The second-order valence-electron chi connectivity index (χ2n) is 6.26. The number of thiazole rings is 1. The summed E-state index contributed by atoms with van der Waals surface area (Å²) in [5, 5.41) is 6.34. The normalized spacial score (nSPS) is 15.2. The first-order chi connectivity index (χ1) is 12.7. The van der Waals surface area contributed by atoms with Crippen molar-refractivity contribution in [1.29, 1.82) is 0 Å². The molecule has 0 saturated carbocycles. The minimum absolute atomic E-state index is 0.00523. The molecule has 7 heteroatoms. The molecule has 1 aliphatic heterocycles. The second-order valence-corrected chi connectivity index (χ2v) is 6.98. The van der Waals surface area contributed by atoms with Gasteiger partial charge in [0, 0.05) is 30.1 Å². The lowest BCUT2D eigenvalue weighted by Crippen LogP contribution is -2.41. The van der Waals surface area contributed by atoms with Crippen LogP contribution in [0.4, 0.5) is 0 Å². The highest BCUT2D eigenvalue weighted by molar-refractivity contribution is 7.07. The van der Waals surface area contributed by atoms with Gasteiger partial charge in [0.15, 0.2) is 0 Å². The van der Waals surface area contributed by atoms with Crippen LogP contribution >= 0.6 is 11.3 Å². The molecule has 3 aromatic rings. The Balaban J connectivity index is 1.51. The summed E-state index contributed by atoms with van der Waals surface area (Å²) in [7, 11) is 0. The molecule has 1 saturated heterocycles. The average molecular weight is 366 g/mol. The van der Waals surface area contributed by atoms with Crippen LogP contribution in [-0.4, -0.2) is 38.7 Å². The zero-order valence-electron chi connectivity index (χ0n) is 14.1. The van der Waals surface area contributed by atoms with Crippen LogP contribution in [0.2, 0.25) is 0 Å². The van der Waals surface area contributed by atoms with Crippen LogP contribution in [0.25, 0.3) is 11.3 Å². The third-order valence-corrected chi connectivity index (χ3v) is 5.23. The third kappa shape index (κ3) is 3.30. The van der Waals surface area contributed by atoms with Gasteiger partial charge < -0.3 is 4.90 Å². The number of benzene rings is 1. The first-order valence-corrected chi connectivity index (χ1v) is 9.49. The fourth-order valence-electron chi connectivity index (χ4n) is 3.24. The highest BCUT2D eigenvalue weighted by Crippen LogP contribution is 2.23. The number of likely N-dealkylation sites (tertiary alicyclic amines) is 1. The van der Waals surface area contributed by atoms with Gasteiger partial charge in [0.2, 0.25) is 0 Å². The van der Waals surface area contributed by atoms with Gasteiger partial charge in [-0.3, -0.25) is 9.59 Å². The SMILES string of the molecule is O=C(c1cscn1)N1CCC(n2nc(-c3ccccc3)ccc2=O)CC1. The predicted octanol–water partition coefficient (Wildman–Crippen LogP) is 2.84. The quantitative estimate of drug-likeness (QED) is 0.715. The maximum atomic E-state index is 12.4. The number of hydrogen-bond donors (Lipinski definition) is 0. The number of piperidine rings is 1. The molecule has 0 atom stereocenters. The number of amides is 1. The fraction of sp³-hybridized carbons (Fsp3) is 0.263. The summed E-state index contributed by atoms with van der Waals surface area (Å²) in [5.41, 5.74) is 3.82. The molecule has 132 valence electrons. The summed E-state index contributed by atoms with van der Waals surface area (Å²) in [6.07, 6.45) is 1.42. The molecule has 1 amide bonds. The van der Waals surface area contributed by atoms with E-state index in [4.69, 9.17) is 0 Å². The third-order valence-electron chi connectivity index (χ3n) is 4.64. The molecule has 0 bridgehead atoms. The molecule has 1 aliphatic rings. The maximum absolute atomic E-state index is 12.4. The smallest absolute Gasteiger partial charge is 0.273 e. The molecule has 1 aromatic carbocycles. The lowest BCUT2D eigenvalue weighted by Gasteiger charge is -2.32. The van der Waals surface area contributed by atoms with E-state index >= 15 is 0 Å². The van der Waals surface area contributed by atoms with Crippen molar-refractivity contribution in [3.63, 3.8) is 0 Å². The molecule has 0 N–H and O–H groups in total. The summed E-state index contributed by atoms with van der Waals surface area (Å²) in [5.74, 6) is -0.0388. The van der Waals surface area contributed by atoms with Crippen LogP contribution in [-0.2, 0) is 0 Å². The van der Waals surface area contributed by atoms with E-state index in [2.05, 4.69) is 10.1 Å². The molecule has 0 spiro atoms. The minimum Gasteiger partial charge on any atom is -0.337 e. The highest BCUT2D eigenvalue weighted by atomic mass is 32.1. The Morgan fingerprint density at radius 1 is 1.08 bits per heavy atom. The Hall–Kier alpha value is -2.80. The van der Waals surface area contributed by atoms with Gasteiger partial charge in [-0.25, -0.2) is 9.67 Å². The van der Waals surface area contributed by atoms with Crippen LogP contribution < -0.4 is 5.56 Å². The van der Waals surface area contributed by atoms with E-state index in [-0.39, 0.29) is 17.5 Å². The van der Waals surface area contributed by atoms with Crippen molar-refractivity contribution in [3.05, 3.63) is 69.4 Å². The summed E-state index contributed by atoms with van der Waals surface area (Å²) in [6, 6.07) is 13.2. The van der Waals surface area contributed by atoms with Gasteiger partial charge in [-0.1, -0.05) is 30.3 Å². The Morgan fingerprint density at radius 2 is 1.85 bits per heavy atom. The molecule has 1 fully saturated rings. The van der Waals surface area contributed by atoms with Crippen molar-refractivity contribution in [2.45, 2.75) is 18.9 Å². The second kappa shape index (κ2) is 7.21. The number of nitrogens with zero attached hydrogens (tertiary/aromatic N) is 4. The van der Waals surface area contributed by atoms with Crippen molar-refractivity contribution in [2.75, 3.05) is 13.1 Å². The number of aromatic nitrogens is 3. The molecular weight excluding hydrogens is 348 g/mol. The average Bonchev–Trinajstić information content (AvgIpc) is 3.23. The lowest BCUT2D eigenvalue weighted by atomic mass is 10.0. The van der Waals surface area contributed by atoms with E-state index < -0.39 is 0 Å². The Labute approximate surface area is 154 Å². The van der Waals surface area contributed by atoms with E-state index in [1.54, 1.807) is 32.6 Å². The minimum atomic E-state index is -0.103. The predicted molar refractivity (Wildman–Crippen MR) is 100 cm³/mol. The summed E-state index contributed by atoms with van der Waals surface area (Å²) in [6.45, 7) is 1.20. The highest BCUT2D eigenvalue weighted by Gasteiger charge is 2.26. The van der Waals surface area contributed by atoms with E-state index in [0.29, 0.717) is 31.6 Å². The molecule has 26 heavy (non-hydrogen) atoms. The summed E-state index contributed by atoms with van der Waals surface area (Å²) < 4.78 is 1.58. The standard InChI is InChI=1S/C19H18N4O2S/c24-18-7-6-16(14-4-2-1-3-5-14)21-23(18)15-8-10-22(11-9-15)19(25)17-12-26-13-20-17/h1-7,12-13,15H,8-11H2. The number of hydrogen-bond acceptors (Lipinski definition) is 5. The Morgan fingerprint density at radius 3 is 2.54 bits per heavy atom. The van der Waals surface area contributed by atoms with Crippen LogP contribution in [0, 0.1) is 0 Å². The van der Waals surface area contributed by atoms with Gasteiger partial charge in [0.1, 0.15) is 5.69 Å². The van der Waals surface area contributed by atoms with E-state index in [1.807, 2.05) is 30.3 Å². The van der Waals surface area contributed by atoms with E-state index in [0.717, 1.165) is 11.3 Å². The molecular formula is C19H18N4O2S. The largest absolute Gasteiger partial charge is 0.337 e. The molecule has 0 unspecified atom stereocenters. The molecule has 6 nitrogen and oxygen atoms in total. The number of carbonyl (C=O) groups excluding carboxylic acids is 1. The Bertz CT molecular complexity index is 945. The van der Waals surface area contributed by atoms with Gasteiger partial charge in [-0.05, 0) is 18.9 Å². The number of rotatable bonds is 3. The van der Waals surface area contributed by atoms with Gasteiger partial charge in [-0.2, -0.15) is 5.10 Å². The van der Waals surface area contributed by atoms with Gasteiger partial charge in [0.05, 0.1) is 17.2 Å². The zero-order chi connectivity index (χ0) is 17.9. The van der Waals surface area contributed by atoms with Crippen molar-refractivity contribution in [1.82, 2.24) is 19.7 Å². The first-order valence-electron chi connectivity index (χ1n) is 8.55. The zero-order valence-corrected chi connectivity index (χ0v) is 14.9. The monoisotopic (exact) mass is 366 g/mol. The van der Waals surface area contributed by atoms with Crippen molar-refractivity contribution < 1.29 is 4.79 Å². The molecule has 3 heterocycles. The molecule has 0 radical (unpaired) electrons. The Kier molecular flexibility index (Phi) is 4.62. The van der Waals surface area contributed by atoms with Gasteiger partial charge >= 0.3 is 0 Å². The summed E-state index contributed by atoms with van der Waals surface area (Å²) >= 11 is 1.42. The number of carbonyl (C=O) groups is 1. The first kappa shape index (κ1) is 16.7. The van der Waals surface area contributed by atoms with Crippen molar-refractivity contribution >= 4 is 17.2 Å². The maximum Gasteiger partial charge on any atom is 0.273 e. The van der Waals surface area contributed by atoms with Crippen LogP contribution in [0.5, 0.6) is 0 Å². The molecule has 4 rings (SSSR count). The lowest BCUT2D eigenvalue weighted by molar-refractivity contribution is 0.0683. The van der Waals surface area contributed by atoms with Gasteiger partial charge in [-0.15, -0.1) is 11.3 Å². The topological polar surface area (TPSA) is 68.1 Å². The van der Waals surface area contributed by atoms with E-state index in [1.165, 1.54) is 11.3 Å². The van der Waals surface area contributed by atoms with Gasteiger partial charge in [0.25, 0.3) is 11.5 Å². The molecule has 0 aliphatic carbocycles. The van der Waals surface area contributed by atoms with Crippen LogP contribution in [0.3, 0.4) is 0 Å².